The lowest BCUT2D eigenvalue weighted by molar-refractivity contribution is -0.121. The van der Waals surface area contributed by atoms with Crippen LogP contribution in [0.1, 0.15) is 11.1 Å². The van der Waals surface area contributed by atoms with Crippen LogP contribution in [0.3, 0.4) is 0 Å². The molecule has 0 radical (unpaired) electrons. The van der Waals surface area contributed by atoms with Crippen LogP contribution in [0.4, 0.5) is 4.39 Å². The van der Waals surface area contributed by atoms with Crippen LogP contribution in [0, 0.1) is 5.82 Å². The van der Waals surface area contributed by atoms with E-state index in [1.165, 1.54) is 36.4 Å². The van der Waals surface area contributed by atoms with E-state index in [1.807, 2.05) is 6.07 Å². The molecule has 1 N–H and O–H groups in total. The van der Waals surface area contributed by atoms with Crippen LogP contribution in [-0.4, -0.2) is 30.2 Å². The lowest BCUT2D eigenvalue weighted by Gasteiger charge is -2.22. The lowest BCUT2D eigenvalue weighted by Crippen LogP contribution is -2.40. The molecule has 1 amide bonds. The van der Waals surface area contributed by atoms with Crippen molar-refractivity contribution >= 4 is 15.9 Å². The van der Waals surface area contributed by atoms with Gasteiger partial charge in [-0.25, -0.2) is 12.8 Å². The zero-order chi connectivity index (χ0) is 20.7. The molecule has 0 bridgehead atoms. The topological polar surface area (TPSA) is 79.4 Å². The third-order valence-corrected chi connectivity index (χ3v) is 5.99. The highest BCUT2D eigenvalue weighted by Gasteiger charge is 2.26. The van der Waals surface area contributed by atoms with Crippen LogP contribution < -0.4 is 5.32 Å². The maximum atomic E-state index is 13.2. The van der Waals surface area contributed by atoms with Gasteiger partial charge in [-0.1, -0.05) is 36.4 Å². The van der Waals surface area contributed by atoms with Crippen LogP contribution in [0.15, 0.2) is 84.0 Å². The van der Waals surface area contributed by atoms with E-state index in [9.17, 15) is 17.6 Å². The molecule has 1 aromatic heterocycles. The minimum atomic E-state index is -3.92. The molecule has 0 saturated heterocycles. The number of carbonyl (C=O) groups is 1. The molecule has 0 unspecified atom stereocenters. The third-order valence-electron chi connectivity index (χ3n) is 4.19. The number of nitrogens with zero attached hydrogens (tertiary/aromatic N) is 2. The number of amides is 1. The molecule has 0 aliphatic heterocycles. The molecule has 2 aromatic carbocycles. The monoisotopic (exact) mass is 413 g/mol. The van der Waals surface area contributed by atoms with Crippen molar-refractivity contribution < 1.29 is 17.6 Å². The summed E-state index contributed by atoms with van der Waals surface area (Å²) in [7, 11) is -3.92. The molecule has 3 aromatic rings. The molecule has 3 rings (SSSR count). The Labute approximate surface area is 169 Å². The van der Waals surface area contributed by atoms with Gasteiger partial charge in [-0.2, -0.15) is 4.31 Å². The number of nitrogens with one attached hydrogen (secondary N) is 1. The van der Waals surface area contributed by atoms with Crippen molar-refractivity contribution in [1.82, 2.24) is 14.6 Å². The number of halogens is 1. The fourth-order valence-electron chi connectivity index (χ4n) is 2.68. The zero-order valence-corrected chi connectivity index (χ0v) is 16.3. The number of rotatable bonds is 8. The quantitative estimate of drug-likeness (QED) is 0.616. The molecular weight excluding hydrogens is 393 g/mol. The van der Waals surface area contributed by atoms with E-state index >= 15 is 0 Å². The highest BCUT2D eigenvalue weighted by molar-refractivity contribution is 7.89. The number of aromatic nitrogens is 1. The summed E-state index contributed by atoms with van der Waals surface area (Å²) in [6.07, 6.45) is 3.25. The van der Waals surface area contributed by atoms with E-state index in [0.29, 0.717) is 5.56 Å². The fourth-order valence-corrected chi connectivity index (χ4v) is 4.09. The number of carbonyl (C=O) groups excluding carboxylic acids is 1. The van der Waals surface area contributed by atoms with Gasteiger partial charge in [0, 0.05) is 25.5 Å². The molecule has 150 valence electrons. The first-order chi connectivity index (χ1) is 13.9. The highest BCUT2D eigenvalue weighted by atomic mass is 32.2. The summed E-state index contributed by atoms with van der Waals surface area (Å²) in [4.78, 5) is 16.5. The van der Waals surface area contributed by atoms with Crippen molar-refractivity contribution in [3.63, 3.8) is 0 Å². The SMILES string of the molecule is O=C(CN(Cc1ccc(F)cc1)S(=O)(=O)c1ccccc1)NCc1cccnc1. The maximum absolute atomic E-state index is 13.2. The summed E-state index contributed by atoms with van der Waals surface area (Å²) in [5, 5.41) is 2.70. The maximum Gasteiger partial charge on any atom is 0.243 e. The van der Waals surface area contributed by atoms with Crippen LogP contribution in [-0.2, 0) is 27.9 Å². The molecule has 1 heterocycles. The van der Waals surface area contributed by atoms with Gasteiger partial charge in [0.25, 0.3) is 0 Å². The van der Waals surface area contributed by atoms with Crippen LogP contribution in [0.2, 0.25) is 0 Å². The van der Waals surface area contributed by atoms with E-state index in [-0.39, 0.29) is 24.5 Å². The van der Waals surface area contributed by atoms with Crippen molar-refractivity contribution in [1.29, 1.82) is 0 Å². The fraction of sp³-hybridized carbons (Fsp3) is 0.143. The Morgan fingerprint density at radius 1 is 0.966 bits per heavy atom. The minimum absolute atomic E-state index is 0.0577. The van der Waals surface area contributed by atoms with Gasteiger partial charge < -0.3 is 5.32 Å². The van der Waals surface area contributed by atoms with E-state index in [4.69, 9.17) is 0 Å². The van der Waals surface area contributed by atoms with Crippen LogP contribution >= 0.6 is 0 Å². The number of benzene rings is 2. The summed E-state index contributed by atoms with van der Waals surface area (Å²) in [5.74, 6) is -0.865. The summed E-state index contributed by atoms with van der Waals surface area (Å²) in [6, 6.07) is 17.0. The zero-order valence-electron chi connectivity index (χ0n) is 15.5. The van der Waals surface area contributed by atoms with Crippen molar-refractivity contribution in [2.45, 2.75) is 18.0 Å². The first-order valence-corrected chi connectivity index (χ1v) is 10.3. The minimum Gasteiger partial charge on any atom is -0.351 e. The summed E-state index contributed by atoms with van der Waals surface area (Å²) in [6.45, 7) is -0.185. The van der Waals surface area contributed by atoms with E-state index < -0.39 is 21.7 Å². The first kappa shape index (κ1) is 20.6. The second-order valence-corrected chi connectivity index (χ2v) is 8.29. The first-order valence-electron chi connectivity index (χ1n) is 8.90. The highest BCUT2D eigenvalue weighted by Crippen LogP contribution is 2.18. The Morgan fingerprint density at radius 3 is 2.34 bits per heavy atom. The van der Waals surface area contributed by atoms with Crippen molar-refractivity contribution in [2.24, 2.45) is 0 Å². The Kier molecular flexibility index (Phi) is 6.69. The lowest BCUT2D eigenvalue weighted by atomic mass is 10.2. The normalized spacial score (nSPS) is 11.4. The van der Waals surface area contributed by atoms with Gasteiger partial charge in [-0.15, -0.1) is 0 Å². The molecule has 0 aliphatic carbocycles. The molecule has 29 heavy (non-hydrogen) atoms. The largest absolute Gasteiger partial charge is 0.351 e. The predicted molar refractivity (Wildman–Crippen MR) is 107 cm³/mol. The van der Waals surface area contributed by atoms with Gasteiger partial charge in [0.05, 0.1) is 11.4 Å². The second-order valence-electron chi connectivity index (χ2n) is 6.35. The molecule has 0 saturated carbocycles. The third kappa shape index (κ3) is 5.69. The van der Waals surface area contributed by atoms with Crippen LogP contribution in [0.5, 0.6) is 0 Å². The Hall–Kier alpha value is -3.10. The summed E-state index contributed by atoms with van der Waals surface area (Å²) >= 11 is 0. The summed E-state index contributed by atoms with van der Waals surface area (Å²) in [5.41, 5.74) is 1.38. The molecule has 6 nitrogen and oxygen atoms in total. The molecule has 0 spiro atoms. The summed E-state index contributed by atoms with van der Waals surface area (Å²) < 4.78 is 40.4. The van der Waals surface area contributed by atoms with Gasteiger partial charge in [0.2, 0.25) is 15.9 Å². The van der Waals surface area contributed by atoms with E-state index in [2.05, 4.69) is 10.3 Å². The van der Waals surface area contributed by atoms with Gasteiger partial charge >= 0.3 is 0 Å². The number of sulfonamides is 1. The van der Waals surface area contributed by atoms with Gasteiger partial charge in [0.1, 0.15) is 5.82 Å². The van der Waals surface area contributed by atoms with Crippen molar-refractivity contribution in [3.8, 4) is 0 Å². The molecule has 8 heteroatoms. The standard InChI is InChI=1S/C21H20FN3O3S/c22-19-10-8-17(9-11-19)15-25(29(27,28)20-6-2-1-3-7-20)16-21(26)24-14-18-5-4-12-23-13-18/h1-13H,14-16H2,(H,24,26). The molecule has 0 atom stereocenters. The Morgan fingerprint density at radius 2 is 1.69 bits per heavy atom. The van der Waals surface area contributed by atoms with Crippen LogP contribution in [0.25, 0.3) is 0 Å². The number of pyridine rings is 1. The smallest absolute Gasteiger partial charge is 0.243 e. The van der Waals surface area contributed by atoms with Crippen molar-refractivity contribution in [3.05, 3.63) is 96.1 Å². The second kappa shape index (κ2) is 9.40. The number of hydrogen-bond acceptors (Lipinski definition) is 4. The molecular formula is C21H20FN3O3S. The number of hydrogen-bond donors (Lipinski definition) is 1. The average Bonchev–Trinajstić information content (AvgIpc) is 2.74. The van der Waals surface area contributed by atoms with Gasteiger partial charge in [-0.05, 0) is 41.5 Å². The molecule has 0 fully saturated rings. The molecule has 0 aliphatic rings. The van der Waals surface area contributed by atoms with E-state index in [0.717, 1.165) is 9.87 Å². The van der Waals surface area contributed by atoms with E-state index in [1.54, 1.807) is 36.7 Å². The predicted octanol–water partition coefficient (Wildman–Crippen LogP) is 2.73. The average molecular weight is 413 g/mol. The van der Waals surface area contributed by atoms with Gasteiger partial charge in [0.15, 0.2) is 0 Å². The van der Waals surface area contributed by atoms with Crippen molar-refractivity contribution in [2.75, 3.05) is 6.54 Å². The Balaban J connectivity index is 1.78. The van der Waals surface area contributed by atoms with Gasteiger partial charge in [-0.3, -0.25) is 9.78 Å². The Bertz CT molecular complexity index is 1040.